The number of rotatable bonds is 9. The fraction of sp³-hybridized carbons (Fsp3) is 0.286. The van der Waals surface area contributed by atoms with Gasteiger partial charge < -0.3 is 10.2 Å². The Morgan fingerprint density at radius 2 is 2.00 bits per heavy atom. The third kappa shape index (κ3) is 5.74. The maximum Gasteiger partial charge on any atom is 0.266 e. The molecule has 0 amide bonds. The Labute approximate surface area is 191 Å². The molecule has 31 heavy (non-hydrogen) atoms. The minimum atomic E-state index is -4.15. The zero-order valence-corrected chi connectivity index (χ0v) is 19.8. The van der Waals surface area contributed by atoms with Crippen LogP contribution in [0.5, 0.6) is 0 Å². The highest BCUT2D eigenvalue weighted by Crippen LogP contribution is 2.33. The number of thiazole rings is 1. The molecule has 2 N–H and O–H groups in total. The molecule has 1 heterocycles. The van der Waals surface area contributed by atoms with Crippen LogP contribution in [0.15, 0.2) is 52.9 Å². The molecule has 3 rings (SSSR count). The molecule has 166 valence electrons. The van der Waals surface area contributed by atoms with Crippen molar-refractivity contribution in [3.8, 4) is 0 Å². The third-order valence-electron chi connectivity index (χ3n) is 4.62. The van der Waals surface area contributed by atoms with Gasteiger partial charge in [0.15, 0.2) is 5.13 Å². The molecule has 0 radical (unpaired) electrons. The van der Waals surface area contributed by atoms with Crippen molar-refractivity contribution in [2.45, 2.75) is 30.8 Å². The number of aromatic nitrogens is 1. The first-order valence-electron chi connectivity index (χ1n) is 9.61. The summed E-state index contributed by atoms with van der Waals surface area (Å²) in [5.41, 5.74) is 2.56. The molecule has 0 unspecified atom stereocenters. The van der Waals surface area contributed by atoms with E-state index in [0.717, 1.165) is 47.6 Å². The van der Waals surface area contributed by atoms with Crippen molar-refractivity contribution in [2.75, 3.05) is 24.1 Å². The smallest absolute Gasteiger partial charge is 0.266 e. The zero-order chi connectivity index (χ0) is 22.6. The van der Waals surface area contributed by atoms with Gasteiger partial charge in [0.05, 0.1) is 16.8 Å². The number of nitrogens with one attached hydrogen (secondary N) is 2. The highest BCUT2D eigenvalue weighted by molar-refractivity contribution is 7.93. The predicted octanol–water partition coefficient (Wildman–Crippen LogP) is 5.36. The van der Waals surface area contributed by atoms with Gasteiger partial charge in [0.2, 0.25) is 0 Å². The van der Waals surface area contributed by atoms with Crippen molar-refractivity contribution in [1.29, 1.82) is 0 Å². The van der Waals surface area contributed by atoms with Gasteiger partial charge in [0, 0.05) is 18.1 Å². The molecule has 0 saturated heterocycles. The minimum absolute atomic E-state index is 0.115. The van der Waals surface area contributed by atoms with Crippen LogP contribution in [0.3, 0.4) is 0 Å². The number of hydrogen-bond donors (Lipinski definition) is 2. The van der Waals surface area contributed by atoms with Crippen molar-refractivity contribution in [3.05, 3.63) is 69.9 Å². The first kappa shape index (κ1) is 23.5. The van der Waals surface area contributed by atoms with Crippen LogP contribution in [0, 0.1) is 5.82 Å². The summed E-state index contributed by atoms with van der Waals surface area (Å²) in [6, 6.07) is 10.1. The fourth-order valence-electron chi connectivity index (χ4n) is 3.24. The maximum atomic E-state index is 14.8. The Morgan fingerprint density at radius 3 is 2.65 bits per heavy atom. The number of nitrogens with zero attached hydrogens (tertiary/aromatic N) is 2. The van der Waals surface area contributed by atoms with Crippen LogP contribution in [0.1, 0.15) is 30.5 Å². The van der Waals surface area contributed by atoms with Gasteiger partial charge >= 0.3 is 0 Å². The van der Waals surface area contributed by atoms with Crippen LogP contribution >= 0.6 is 22.9 Å². The van der Waals surface area contributed by atoms with Gasteiger partial charge in [-0.2, -0.15) is 0 Å². The number of sulfonamides is 1. The van der Waals surface area contributed by atoms with Crippen LogP contribution in [0.2, 0.25) is 5.02 Å². The van der Waals surface area contributed by atoms with E-state index in [1.807, 2.05) is 39.2 Å². The molecular weight excluding hydrogens is 459 g/mol. The molecule has 0 aliphatic rings. The molecule has 0 fully saturated rings. The molecule has 0 bridgehead atoms. The van der Waals surface area contributed by atoms with Crippen molar-refractivity contribution in [1.82, 2.24) is 9.88 Å². The number of anilines is 2. The normalized spacial score (nSPS) is 12.7. The second-order valence-electron chi connectivity index (χ2n) is 7.25. The number of hydrogen-bond acceptors (Lipinski definition) is 6. The lowest BCUT2D eigenvalue weighted by molar-refractivity contribution is 0.400. The Bertz CT molecular complexity index is 1140. The summed E-state index contributed by atoms with van der Waals surface area (Å²) >= 11 is 7.46. The van der Waals surface area contributed by atoms with Gasteiger partial charge in [-0.25, -0.2) is 17.8 Å². The second-order valence-corrected chi connectivity index (χ2v) is 10.2. The summed E-state index contributed by atoms with van der Waals surface area (Å²) in [5.74, 6) is -0.896. The van der Waals surface area contributed by atoms with E-state index in [-0.39, 0.29) is 16.2 Å². The van der Waals surface area contributed by atoms with Crippen molar-refractivity contribution < 1.29 is 12.8 Å². The van der Waals surface area contributed by atoms with E-state index < -0.39 is 20.7 Å². The minimum Gasteiger partial charge on any atom is -0.377 e. The van der Waals surface area contributed by atoms with E-state index >= 15 is 0 Å². The summed E-state index contributed by atoms with van der Waals surface area (Å²) in [6.07, 6.45) is 2.19. The summed E-state index contributed by atoms with van der Waals surface area (Å²) < 4.78 is 42.2. The highest BCUT2D eigenvalue weighted by atomic mass is 35.5. The van der Waals surface area contributed by atoms with Crippen molar-refractivity contribution in [3.63, 3.8) is 0 Å². The molecule has 6 nitrogen and oxygen atoms in total. The fourth-order valence-corrected chi connectivity index (χ4v) is 5.39. The number of benzene rings is 2. The molecule has 2 aromatic carbocycles. The summed E-state index contributed by atoms with van der Waals surface area (Å²) in [7, 11) is -0.162. The lowest BCUT2D eigenvalue weighted by Gasteiger charge is -2.24. The Kier molecular flexibility index (Phi) is 7.53. The van der Waals surface area contributed by atoms with Gasteiger partial charge in [0.25, 0.3) is 10.0 Å². The quantitative estimate of drug-likeness (QED) is 0.429. The molecule has 0 aliphatic heterocycles. The Morgan fingerprint density at radius 1 is 1.26 bits per heavy atom. The molecule has 0 saturated carbocycles. The standard InChI is InChI=1S/C21H24ClFN4O2S2/c1-4-18(15-8-6-5-7-14(15)13-27(2)3)25-19-12-17(23)20(11-16(19)22)31(28,29)26-21-24-9-10-30-21/h5-12,18,25H,4,13H2,1-3H3,(H,24,26)/t18-/m0/s1. The maximum absolute atomic E-state index is 14.8. The topological polar surface area (TPSA) is 74.3 Å². The first-order valence-corrected chi connectivity index (χ1v) is 12.4. The lowest BCUT2D eigenvalue weighted by Crippen LogP contribution is -2.18. The summed E-state index contributed by atoms with van der Waals surface area (Å²) in [6.45, 7) is 2.78. The first-order chi connectivity index (χ1) is 14.7. The van der Waals surface area contributed by atoms with Crippen LogP contribution < -0.4 is 10.0 Å². The van der Waals surface area contributed by atoms with E-state index in [9.17, 15) is 12.8 Å². The molecule has 0 aliphatic carbocycles. The summed E-state index contributed by atoms with van der Waals surface area (Å²) in [5, 5.41) is 5.16. The third-order valence-corrected chi connectivity index (χ3v) is 7.10. The van der Waals surface area contributed by atoms with Gasteiger partial charge in [-0.15, -0.1) is 11.3 Å². The monoisotopic (exact) mass is 482 g/mol. The van der Waals surface area contributed by atoms with Gasteiger partial charge in [0.1, 0.15) is 10.7 Å². The van der Waals surface area contributed by atoms with E-state index in [1.54, 1.807) is 5.38 Å². The molecule has 3 aromatic rings. The van der Waals surface area contributed by atoms with Gasteiger partial charge in [-0.1, -0.05) is 42.8 Å². The van der Waals surface area contributed by atoms with Gasteiger partial charge in [-0.3, -0.25) is 4.72 Å². The van der Waals surface area contributed by atoms with E-state index in [1.165, 1.54) is 6.20 Å². The largest absolute Gasteiger partial charge is 0.377 e. The molecule has 1 aromatic heterocycles. The van der Waals surface area contributed by atoms with Crippen LogP contribution in [0.25, 0.3) is 0 Å². The molecule has 10 heteroatoms. The second kappa shape index (κ2) is 9.95. The SMILES string of the molecule is CC[C@H](Nc1cc(F)c(S(=O)(=O)Nc2nccs2)cc1Cl)c1ccccc1CN(C)C. The molecular formula is C21H24ClFN4O2S2. The van der Waals surface area contributed by atoms with E-state index in [4.69, 9.17) is 11.6 Å². The predicted molar refractivity (Wildman–Crippen MR) is 125 cm³/mol. The highest BCUT2D eigenvalue weighted by Gasteiger charge is 2.23. The van der Waals surface area contributed by atoms with Crippen LogP contribution in [-0.2, 0) is 16.6 Å². The lowest BCUT2D eigenvalue weighted by atomic mass is 9.97. The zero-order valence-electron chi connectivity index (χ0n) is 17.4. The Balaban J connectivity index is 1.90. The average Bonchev–Trinajstić information content (AvgIpc) is 3.20. The van der Waals surface area contributed by atoms with Crippen LogP contribution in [-0.4, -0.2) is 32.4 Å². The number of halogens is 2. The van der Waals surface area contributed by atoms with E-state index in [0.29, 0.717) is 5.69 Å². The molecule has 1 atom stereocenters. The van der Waals surface area contributed by atoms with Crippen LogP contribution in [0.4, 0.5) is 15.2 Å². The van der Waals surface area contributed by atoms with Crippen molar-refractivity contribution in [2.24, 2.45) is 0 Å². The molecule has 0 spiro atoms. The van der Waals surface area contributed by atoms with Gasteiger partial charge in [-0.05, 0) is 43.8 Å². The summed E-state index contributed by atoms with van der Waals surface area (Å²) in [4.78, 5) is 5.41. The van der Waals surface area contributed by atoms with E-state index in [2.05, 4.69) is 26.0 Å². The average molecular weight is 483 g/mol. The Hall–Kier alpha value is -2.20. The van der Waals surface area contributed by atoms with Crippen molar-refractivity contribution >= 4 is 43.8 Å².